The van der Waals surface area contributed by atoms with Gasteiger partial charge in [0, 0.05) is 17.5 Å². The highest BCUT2D eigenvalue weighted by molar-refractivity contribution is 5.97. The number of anilines is 1. The lowest BCUT2D eigenvalue weighted by Crippen LogP contribution is -2.54. The van der Waals surface area contributed by atoms with Crippen molar-refractivity contribution in [1.29, 1.82) is 0 Å². The van der Waals surface area contributed by atoms with Gasteiger partial charge in [0.15, 0.2) is 5.82 Å². The molecular formula is C22H25FN6O3. The summed E-state index contributed by atoms with van der Waals surface area (Å²) in [7, 11) is 0. The Bertz CT molecular complexity index is 1140. The standard InChI is InChI=1S/C22H25FN6O3/c1-21(2,3)32-20(31)29-9-5-8-22(23,13-29)19(30)27-17-12-24-16(11-25-17)15-7-4-6-14-10-26-28-18(14)15/h4,6-7,10-12H,5,8-9,13H2,1-3H3,(H,26,28)(H,25,27,30)/t22-/m1/s1. The summed E-state index contributed by atoms with van der Waals surface area (Å²) in [5.74, 6) is -0.731. The first kappa shape index (κ1) is 21.7. The molecule has 0 bridgehead atoms. The van der Waals surface area contributed by atoms with Crippen LogP contribution in [0.3, 0.4) is 0 Å². The SMILES string of the molecule is CC(C)(C)OC(=O)N1CCC[C@](F)(C(=O)Nc2cnc(-c3cccc4cn[nH]c34)cn2)C1. The average Bonchev–Trinajstić information content (AvgIpc) is 3.22. The van der Waals surface area contributed by atoms with Crippen LogP contribution in [0.5, 0.6) is 0 Å². The second kappa shape index (κ2) is 8.18. The molecule has 1 aliphatic rings. The number of aromatic amines is 1. The number of nitrogens with one attached hydrogen (secondary N) is 2. The number of carbonyl (C=O) groups excluding carboxylic acids is 2. The molecule has 1 aromatic carbocycles. The molecule has 1 saturated heterocycles. The summed E-state index contributed by atoms with van der Waals surface area (Å²) < 4.78 is 20.8. The van der Waals surface area contributed by atoms with Crippen molar-refractivity contribution in [3.05, 3.63) is 36.8 Å². The van der Waals surface area contributed by atoms with Crippen LogP contribution in [0.2, 0.25) is 0 Å². The number of hydrogen-bond donors (Lipinski definition) is 2. The highest BCUT2D eigenvalue weighted by Crippen LogP contribution is 2.29. The van der Waals surface area contributed by atoms with Crippen LogP contribution in [0.25, 0.3) is 22.2 Å². The number of piperidine rings is 1. The number of ether oxygens (including phenoxy) is 1. The number of halogens is 1. The molecule has 4 rings (SSSR count). The first-order valence-electron chi connectivity index (χ1n) is 10.4. The van der Waals surface area contributed by atoms with Gasteiger partial charge in [0.05, 0.1) is 36.3 Å². The van der Waals surface area contributed by atoms with Gasteiger partial charge in [-0.1, -0.05) is 18.2 Å². The molecule has 3 heterocycles. The molecule has 9 nitrogen and oxygen atoms in total. The molecule has 2 N–H and O–H groups in total. The number of likely N-dealkylation sites (tertiary alicyclic amines) is 1. The highest BCUT2D eigenvalue weighted by Gasteiger charge is 2.45. The first-order valence-corrected chi connectivity index (χ1v) is 10.4. The summed E-state index contributed by atoms with van der Waals surface area (Å²) in [4.78, 5) is 34.8. The lowest BCUT2D eigenvalue weighted by Gasteiger charge is -2.36. The summed E-state index contributed by atoms with van der Waals surface area (Å²) >= 11 is 0. The summed E-state index contributed by atoms with van der Waals surface area (Å²) in [5, 5.41) is 10.4. The van der Waals surface area contributed by atoms with Crippen molar-refractivity contribution < 1.29 is 18.7 Å². The van der Waals surface area contributed by atoms with E-state index in [1.165, 1.54) is 17.3 Å². The maximum absolute atomic E-state index is 15.5. The quantitative estimate of drug-likeness (QED) is 0.642. The molecule has 168 valence electrons. The van der Waals surface area contributed by atoms with Gasteiger partial charge in [0.1, 0.15) is 5.60 Å². The number of amides is 2. The number of H-pyrrole nitrogens is 1. The predicted molar refractivity (Wildman–Crippen MR) is 117 cm³/mol. The molecule has 1 fully saturated rings. The van der Waals surface area contributed by atoms with Crippen LogP contribution in [0.4, 0.5) is 15.0 Å². The Balaban J connectivity index is 1.45. The fourth-order valence-electron chi connectivity index (χ4n) is 3.62. The monoisotopic (exact) mass is 440 g/mol. The molecule has 2 amide bonds. The molecule has 1 aliphatic heterocycles. The van der Waals surface area contributed by atoms with Gasteiger partial charge in [-0.15, -0.1) is 0 Å². The van der Waals surface area contributed by atoms with Gasteiger partial charge in [-0.05, 0) is 33.6 Å². The molecule has 0 unspecified atom stereocenters. The summed E-state index contributed by atoms with van der Waals surface area (Å²) in [5.41, 5.74) is -0.718. The lowest BCUT2D eigenvalue weighted by molar-refractivity contribution is -0.130. The van der Waals surface area contributed by atoms with E-state index in [2.05, 4.69) is 25.5 Å². The van der Waals surface area contributed by atoms with Crippen LogP contribution in [0, 0.1) is 0 Å². The van der Waals surface area contributed by atoms with Gasteiger partial charge in [-0.25, -0.2) is 14.2 Å². The number of aromatic nitrogens is 4. The first-order chi connectivity index (χ1) is 15.1. The van der Waals surface area contributed by atoms with Crippen LogP contribution < -0.4 is 5.32 Å². The highest BCUT2D eigenvalue weighted by atomic mass is 19.1. The molecule has 0 saturated carbocycles. The molecule has 2 aromatic heterocycles. The van der Waals surface area contributed by atoms with Crippen molar-refractivity contribution >= 4 is 28.7 Å². The van der Waals surface area contributed by atoms with E-state index in [-0.39, 0.29) is 18.8 Å². The molecule has 10 heteroatoms. The fourth-order valence-corrected chi connectivity index (χ4v) is 3.62. The smallest absolute Gasteiger partial charge is 0.410 e. The zero-order valence-corrected chi connectivity index (χ0v) is 18.2. The zero-order chi connectivity index (χ0) is 22.9. The largest absolute Gasteiger partial charge is 0.444 e. The molecule has 1 atom stereocenters. The summed E-state index contributed by atoms with van der Waals surface area (Å²) in [6, 6.07) is 5.69. The Morgan fingerprint density at radius 3 is 2.75 bits per heavy atom. The average molecular weight is 440 g/mol. The predicted octanol–water partition coefficient (Wildman–Crippen LogP) is 3.70. The van der Waals surface area contributed by atoms with Gasteiger partial charge in [0.25, 0.3) is 5.91 Å². The number of nitrogens with zero attached hydrogens (tertiary/aromatic N) is 4. The van der Waals surface area contributed by atoms with Crippen molar-refractivity contribution in [3.8, 4) is 11.3 Å². The Morgan fingerprint density at radius 1 is 1.22 bits per heavy atom. The minimum Gasteiger partial charge on any atom is -0.444 e. The maximum atomic E-state index is 15.5. The van der Waals surface area contributed by atoms with Gasteiger partial charge in [-0.3, -0.25) is 14.9 Å². The third kappa shape index (κ3) is 4.53. The number of alkyl halides is 1. The number of fused-ring (bicyclic) bond motifs is 1. The molecular weight excluding hydrogens is 415 g/mol. The third-order valence-corrected chi connectivity index (χ3v) is 5.15. The van der Waals surface area contributed by atoms with Crippen molar-refractivity contribution in [2.75, 3.05) is 18.4 Å². The molecule has 32 heavy (non-hydrogen) atoms. The van der Waals surface area contributed by atoms with Gasteiger partial charge in [-0.2, -0.15) is 5.10 Å². The Morgan fingerprint density at radius 2 is 2.03 bits per heavy atom. The van der Waals surface area contributed by atoms with Gasteiger partial charge in [0.2, 0.25) is 5.67 Å². The van der Waals surface area contributed by atoms with E-state index in [0.717, 1.165) is 16.5 Å². The maximum Gasteiger partial charge on any atom is 0.410 e. The van der Waals surface area contributed by atoms with E-state index in [4.69, 9.17) is 4.74 Å². The minimum atomic E-state index is -2.24. The number of hydrogen-bond acceptors (Lipinski definition) is 6. The Labute approximate surface area is 184 Å². The Hall–Kier alpha value is -3.56. The van der Waals surface area contributed by atoms with Crippen molar-refractivity contribution in [3.63, 3.8) is 0 Å². The minimum absolute atomic E-state index is 0.00542. The Kier molecular flexibility index (Phi) is 5.53. The topological polar surface area (TPSA) is 113 Å². The molecule has 3 aromatic rings. The summed E-state index contributed by atoms with van der Waals surface area (Å²) in [6.45, 7) is 5.17. The number of benzene rings is 1. The second-order valence-electron chi connectivity index (χ2n) is 8.85. The van der Waals surface area contributed by atoms with E-state index in [1.54, 1.807) is 27.0 Å². The van der Waals surface area contributed by atoms with E-state index < -0.39 is 23.3 Å². The van der Waals surface area contributed by atoms with Crippen molar-refractivity contribution in [2.24, 2.45) is 0 Å². The van der Waals surface area contributed by atoms with E-state index >= 15 is 4.39 Å². The van der Waals surface area contributed by atoms with E-state index in [9.17, 15) is 9.59 Å². The van der Waals surface area contributed by atoms with Crippen LogP contribution in [-0.4, -0.2) is 61.4 Å². The van der Waals surface area contributed by atoms with E-state index in [1.807, 2.05) is 18.2 Å². The zero-order valence-electron chi connectivity index (χ0n) is 18.2. The van der Waals surface area contributed by atoms with Crippen LogP contribution >= 0.6 is 0 Å². The van der Waals surface area contributed by atoms with Crippen LogP contribution in [-0.2, 0) is 9.53 Å². The lowest BCUT2D eigenvalue weighted by atomic mass is 9.94. The van der Waals surface area contributed by atoms with Crippen molar-refractivity contribution in [2.45, 2.75) is 44.9 Å². The van der Waals surface area contributed by atoms with Crippen LogP contribution in [0.1, 0.15) is 33.6 Å². The second-order valence-corrected chi connectivity index (χ2v) is 8.85. The molecule has 0 radical (unpaired) electrons. The van der Waals surface area contributed by atoms with Crippen LogP contribution in [0.15, 0.2) is 36.8 Å². The number of carbonyl (C=O) groups is 2. The van der Waals surface area contributed by atoms with Crippen molar-refractivity contribution in [1.82, 2.24) is 25.1 Å². The van der Waals surface area contributed by atoms with E-state index in [0.29, 0.717) is 18.7 Å². The number of para-hydroxylation sites is 1. The normalized spacial score (nSPS) is 19.1. The summed E-state index contributed by atoms with van der Waals surface area (Å²) in [6.07, 6.45) is 4.31. The third-order valence-electron chi connectivity index (χ3n) is 5.15. The molecule has 0 aliphatic carbocycles. The molecule has 0 spiro atoms. The number of rotatable bonds is 3. The van der Waals surface area contributed by atoms with Gasteiger partial charge < -0.3 is 15.0 Å². The van der Waals surface area contributed by atoms with Gasteiger partial charge >= 0.3 is 6.09 Å². The fraction of sp³-hybridized carbons (Fsp3) is 0.409.